The molecule has 4 nitrogen and oxygen atoms in total. The van der Waals surface area contributed by atoms with Gasteiger partial charge in [-0.2, -0.15) is 0 Å². The number of amides is 2. The standard InChI is InChI=1S/C32H30Br2N2O2/c1-3-5-7-21(4-2)20-35-31(37)27-9-6-8-26-29(19-18-28(30(26)27)32(35)38)36(24-14-10-22(33)11-15-24)25-16-12-23(34)13-17-25/h6,8-19,21H,3-5,7,20H2,1-2H3. The predicted octanol–water partition coefficient (Wildman–Crippen LogP) is 9.65. The number of anilines is 3. The van der Waals surface area contributed by atoms with E-state index in [0.29, 0.717) is 23.6 Å². The van der Waals surface area contributed by atoms with Crippen LogP contribution in [0.1, 0.15) is 60.2 Å². The van der Waals surface area contributed by atoms with Gasteiger partial charge in [-0.25, -0.2) is 0 Å². The fourth-order valence-corrected chi connectivity index (χ4v) is 5.80. The van der Waals surface area contributed by atoms with Crippen molar-refractivity contribution in [2.75, 3.05) is 11.4 Å². The van der Waals surface area contributed by atoms with Crippen LogP contribution in [0.5, 0.6) is 0 Å². The number of halogens is 2. The first-order valence-electron chi connectivity index (χ1n) is 13.2. The van der Waals surface area contributed by atoms with Crippen LogP contribution in [-0.2, 0) is 0 Å². The Bertz CT molecular complexity index is 1410. The molecule has 0 radical (unpaired) electrons. The maximum Gasteiger partial charge on any atom is 0.261 e. The van der Waals surface area contributed by atoms with E-state index in [9.17, 15) is 9.59 Å². The van der Waals surface area contributed by atoms with E-state index < -0.39 is 0 Å². The molecule has 1 aliphatic heterocycles. The number of carbonyl (C=O) groups excluding carboxylic acids is 2. The van der Waals surface area contributed by atoms with Crippen molar-refractivity contribution in [3.63, 3.8) is 0 Å². The van der Waals surface area contributed by atoms with Gasteiger partial charge in [-0.3, -0.25) is 14.5 Å². The minimum atomic E-state index is -0.195. The van der Waals surface area contributed by atoms with Crippen LogP contribution >= 0.6 is 31.9 Å². The largest absolute Gasteiger partial charge is 0.310 e. The second-order valence-electron chi connectivity index (χ2n) is 9.79. The van der Waals surface area contributed by atoms with E-state index in [1.165, 1.54) is 4.90 Å². The molecule has 0 N–H and O–H groups in total. The van der Waals surface area contributed by atoms with Crippen molar-refractivity contribution in [2.24, 2.45) is 5.92 Å². The van der Waals surface area contributed by atoms with Crippen LogP contribution in [-0.4, -0.2) is 23.3 Å². The molecule has 194 valence electrons. The smallest absolute Gasteiger partial charge is 0.261 e. The maximum absolute atomic E-state index is 13.7. The van der Waals surface area contributed by atoms with E-state index in [-0.39, 0.29) is 11.8 Å². The number of imide groups is 1. The molecule has 0 aromatic heterocycles. The Morgan fingerprint density at radius 1 is 0.763 bits per heavy atom. The van der Waals surface area contributed by atoms with Crippen LogP contribution in [0.3, 0.4) is 0 Å². The Labute approximate surface area is 240 Å². The summed E-state index contributed by atoms with van der Waals surface area (Å²) in [5.41, 5.74) is 4.06. The van der Waals surface area contributed by atoms with E-state index in [0.717, 1.165) is 62.5 Å². The highest BCUT2D eigenvalue weighted by Gasteiger charge is 2.35. The summed E-state index contributed by atoms with van der Waals surface area (Å²) in [4.78, 5) is 31.1. The highest BCUT2D eigenvalue weighted by molar-refractivity contribution is 9.10. The molecule has 0 bridgehead atoms. The zero-order valence-electron chi connectivity index (χ0n) is 21.6. The fraction of sp³-hybridized carbons (Fsp3) is 0.250. The van der Waals surface area contributed by atoms with Crippen LogP contribution in [0.4, 0.5) is 17.1 Å². The van der Waals surface area contributed by atoms with Crippen molar-refractivity contribution in [3.05, 3.63) is 98.9 Å². The molecule has 4 aromatic carbocycles. The number of benzene rings is 4. The number of unbranched alkanes of at least 4 members (excludes halogenated alkanes) is 1. The minimum Gasteiger partial charge on any atom is -0.310 e. The summed E-state index contributed by atoms with van der Waals surface area (Å²) < 4.78 is 1.99. The van der Waals surface area contributed by atoms with Crippen molar-refractivity contribution < 1.29 is 9.59 Å². The SMILES string of the molecule is CCCCC(CC)CN1C(=O)c2cccc3c(N(c4ccc(Br)cc4)c4ccc(Br)cc4)ccc(c23)C1=O. The van der Waals surface area contributed by atoms with Crippen LogP contribution in [0.15, 0.2) is 87.8 Å². The topological polar surface area (TPSA) is 40.6 Å². The number of rotatable bonds is 9. The van der Waals surface area contributed by atoms with Gasteiger partial charge in [-0.1, -0.05) is 77.1 Å². The Morgan fingerprint density at radius 2 is 1.34 bits per heavy atom. The summed E-state index contributed by atoms with van der Waals surface area (Å²) >= 11 is 7.09. The molecular formula is C32H30Br2N2O2. The molecule has 1 unspecified atom stereocenters. The molecule has 38 heavy (non-hydrogen) atoms. The number of carbonyl (C=O) groups is 2. The van der Waals surface area contributed by atoms with Crippen LogP contribution in [0.2, 0.25) is 0 Å². The molecule has 2 amide bonds. The molecule has 5 rings (SSSR count). The highest BCUT2D eigenvalue weighted by Crippen LogP contribution is 2.42. The molecule has 1 atom stereocenters. The molecule has 1 heterocycles. The quantitative estimate of drug-likeness (QED) is 0.172. The maximum atomic E-state index is 13.7. The van der Waals surface area contributed by atoms with Gasteiger partial charge in [-0.15, -0.1) is 0 Å². The summed E-state index contributed by atoms with van der Waals surface area (Å²) in [5.74, 6) is -0.0776. The van der Waals surface area contributed by atoms with Gasteiger partial charge in [0.2, 0.25) is 0 Å². The van der Waals surface area contributed by atoms with Gasteiger partial charge in [0.25, 0.3) is 11.8 Å². The van der Waals surface area contributed by atoms with Crippen molar-refractivity contribution >= 4 is 71.5 Å². The third kappa shape index (κ3) is 5.04. The molecule has 0 fully saturated rings. The second kappa shape index (κ2) is 11.4. The molecule has 0 spiro atoms. The Kier molecular flexibility index (Phi) is 8.01. The van der Waals surface area contributed by atoms with E-state index in [1.807, 2.05) is 54.6 Å². The van der Waals surface area contributed by atoms with E-state index in [2.05, 4.69) is 74.9 Å². The number of hydrogen-bond acceptors (Lipinski definition) is 3. The Hall–Kier alpha value is -2.96. The summed E-state index contributed by atoms with van der Waals surface area (Å²) in [6, 6.07) is 26.0. The lowest BCUT2D eigenvalue weighted by atomic mass is 9.91. The number of hydrogen-bond donors (Lipinski definition) is 0. The second-order valence-corrected chi connectivity index (χ2v) is 11.6. The van der Waals surface area contributed by atoms with Gasteiger partial charge in [0.05, 0.1) is 5.69 Å². The molecule has 6 heteroatoms. The molecule has 0 aliphatic carbocycles. The molecule has 4 aromatic rings. The molecule has 0 saturated heterocycles. The van der Waals surface area contributed by atoms with Crippen molar-refractivity contribution in [3.8, 4) is 0 Å². The third-order valence-electron chi connectivity index (χ3n) is 7.36. The van der Waals surface area contributed by atoms with Crippen molar-refractivity contribution in [1.29, 1.82) is 0 Å². The van der Waals surface area contributed by atoms with Gasteiger partial charge < -0.3 is 4.90 Å². The molecule has 0 saturated carbocycles. The fourth-order valence-electron chi connectivity index (χ4n) is 5.27. The Morgan fingerprint density at radius 3 is 1.89 bits per heavy atom. The first-order valence-corrected chi connectivity index (χ1v) is 14.7. The first kappa shape index (κ1) is 26.6. The van der Waals surface area contributed by atoms with Crippen LogP contribution < -0.4 is 4.90 Å². The lowest BCUT2D eigenvalue weighted by Crippen LogP contribution is -2.43. The van der Waals surface area contributed by atoms with Crippen LogP contribution in [0.25, 0.3) is 10.8 Å². The first-order chi connectivity index (χ1) is 18.4. The van der Waals surface area contributed by atoms with Gasteiger partial charge in [0.15, 0.2) is 0 Å². The van der Waals surface area contributed by atoms with E-state index >= 15 is 0 Å². The zero-order valence-corrected chi connectivity index (χ0v) is 24.8. The summed E-state index contributed by atoms with van der Waals surface area (Å²) in [6.07, 6.45) is 4.18. The monoisotopic (exact) mass is 632 g/mol. The van der Waals surface area contributed by atoms with Gasteiger partial charge >= 0.3 is 0 Å². The average molecular weight is 634 g/mol. The third-order valence-corrected chi connectivity index (χ3v) is 8.42. The summed E-state index contributed by atoms with van der Waals surface area (Å²) in [6.45, 7) is 4.78. The summed E-state index contributed by atoms with van der Waals surface area (Å²) in [5, 5.41) is 1.61. The van der Waals surface area contributed by atoms with Gasteiger partial charge in [-0.05, 0) is 79.1 Å². The summed E-state index contributed by atoms with van der Waals surface area (Å²) in [7, 11) is 0. The predicted molar refractivity (Wildman–Crippen MR) is 163 cm³/mol. The van der Waals surface area contributed by atoms with E-state index in [4.69, 9.17) is 0 Å². The lowest BCUT2D eigenvalue weighted by Gasteiger charge is -2.32. The lowest BCUT2D eigenvalue weighted by molar-refractivity contribution is 0.0580. The normalized spacial score (nSPS) is 13.7. The minimum absolute atomic E-state index is 0.195. The molecule has 1 aliphatic rings. The average Bonchev–Trinajstić information content (AvgIpc) is 2.94. The van der Waals surface area contributed by atoms with Crippen LogP contribution in [0, 0.1) is 5.92 Å². The number of nitrogens with zero attached hydrogens (tertiary/aromatic N) is 2. The Balaban J connectivity index is 1.64. The van der Waals surface area contributed by atoms with Crippen molar-refractivity contribution in [2.45, 2.75) is 39.5 Å². The molecular weight excluding hydrogens is 604 g/mol. The van der Waals surface area contributed by atoms with Crippen molar-refractivity contribution in [1.82, 2.24) is 4.90 Å². The van der Waals surface area contributed by atoms with Gasteiger partial charge in [0.1, 0.15) is 0 Å². The van der Waals surface area contributed by atoms with Gasteiger partial charge in [0, 0.05) is 48.8 Å². The highest BCUT2D eigenvalue weighted by atomic mass is 79.9. The zero-order chi connectivity index (χ0) is 26.8. The van der Waals surface area contributed by atoms with E-state index in [1.54, 1.807) is 0 Å².